The minimum atomic E-state index is -0.514. The Hall–Kier alpha value is -3.55. The van der Waals surface area contributed by atoms with Crippen molar-refractivity contribution in [1.82, 2.24) is 4.98 Å². The Morgan fingerprint density at radius 2 is 1.75 bits per heavy atom. The number of non-ortho nitro benzene ring substituents is 1. The molecule has 0 saturated carbocycles. The largest absolute Gasteiger partial charge is 0.449 e. The third-order valence-electron chi connectivity index (χ3n) is 3.55. The number of nitro benzene ring substituents is 2. The highest BCUT2D eigenvalue weighted by Gasteiger charge is 2.21. The maximum Gasteiger partial charge on any atom is 0.314 e. The molecule has 0 radical (unpaired) electrons. The number of nitrogens with zero attached hydrogens (tertiary/aromatic N) is 3. The van der Waals surface area contributed by atoms with Crippen LogP contribution in [0.4, 0.5) is 11.4 Å². The summed E-state index contributed by atoms with van der Waals surface area (Å²) in [5.41, 5.74) is 0.215. The molecule has 3 rings (SSSR count). The zero-order chi connectivity index (χ0) is 17.3. The Morgan fingerprint density at radius 1 is 0.958 bits per heavy atom. The Bertz CT molecular complexity index is 971. The number of hydrogen-bond donors (Lipinski definition) is 0. The topological polar surface area (TPSA) is 108 Å². The standard InChI is InChI=1S/C16H11N3O5/c1-10-3-2-4-15(16(10)19(22)23)24-14-6-5-13(18(20)21)12-9-17-8-7-11(12)14/h2-9H,1H3. The zero-order valence-corrected chi connectivity index (χ0v) is 12.5. The number of para-hydroxylation sites is 1. The van der Waals surface area contributed by atoms with Gasteiger partial charge in [-0.1, -0.05) is 12.1 Å². The summed E-state index contributed by atoms with van der Waals surface area (Å²) >= 11 is 0. The minimum Gasteiger partial charge on any atom is -0.449 e. The van der Waals surface area contributed by atoms with Crippen molar-refractivity contribution < 1.29 is 14.6 Å². The third-order valence-corrected chi connectivity index (χ3v) is 3.55. The second kappa shape index (κ2) is 5.92. The number of rotatable bonds is 4. The molecule has 120 valence electrons. The lowest BCUT2D eigenvalue weighted by molar-refractivity contribution is -0.386. The minimum absolute atomic E-state index is 0.0759. The van der Waals surface area contributed by atoms with Crippen LogP contribution in [0.15, 0.2) is 48.8 Å². The van der Waals surface area contributed by atoms with Gasteiger partial charge in [0.1, 0.15) is 5.75 Å². The molecule has 0 aliphatic heterocycles. The number of aromatic nitrogens is 1. The van der Waals surface area contributed by atoms with Crippen molar-refractivity contribution in [2.45, 2.75) is 6.92 Å². The smallest absolute Gasteiger partial charge is 0.314 e. The number of nitro groups is 2. The van der Waals surface area contributed by atoms with Crippen molar-refractivity contribution in [3.63, 3.8) is 0 Å². The molecule has 8 heteroatoms. The Balaban J connectivity index is 2.16. The molecule has 8 nitrogen and oxygen atoms in total. The Labute approximate surface area is 135 Å². The Kier molecular flexibility index (Phi) is 3.78. The molecule has 1 heterocycles. The van der Waals surface area contributed by atoms with Gasteiger partial charge < -0.3 is 4.74 Å². The van der Waals surface area contributed by atoms with Crippen molar-refractivity contribution >= 4 is 22.1 Å². The lowest BCUT2D eigenvalue weighted by atomic mass is 10.1. The van der Waals surface area contributed by atoms with Gasteiger partial charge >= 0.3 is 5.69 Å². The van der Waals surface area contributed by atoms with Gasteiger partial charge in [-0.05, 0) is 25.1 Å². The van der Waals surface area contributed by atoms with Crippen molar-refractivity contribution in [2.24, 2.45) is 0 Å². The highest BCUT2D eigenvalue weighted by molar-refractivity contribution is 5.94. The maximum absolute atomic E-state index is 11.3. The molecular weight excluding hydrogens is 314 g/mol. The normalized spacial score (nSPS) is 10.5. The predicted molar refractivity (Wildman–Crippen MR) is 86.3 cm³/mol. The van der Waals surface area contributed by atoms with Crippen molar-refractivity contribution in [3.8, 4) is 11.5 Å². The summed E-state index contributed by atoms with van der Waals surface area (Å²) in [5.74, 6) is 0.360. The fourth-order valence-electron chi connectivity index (χ4n) is 2.46. The van der Waals surface area contributed by atoms with Crippen LogP contribution in [0, 0.1) is 27.2 Å². The fraction of sp³-hybridized carbons (Fsp3) is 0.0625. The third kappa shape index (κ3) is 2.60. The molecule has 0 saturated heterocycles. The fourth-order valence-corrected chi connectivity index (χ4v) is 2.46. The van der Waals surface area contributed by atoms with Crippen LogP contribution in [0.1, 0.15) is 5.56 Å². The summed E-state index contributed by atoms with van der Waals surface area (Å²) in [7, 11) is 0. The SMILES string of the molecule is Cc1cccc(Oc2ccc([N+](=O)[O-])c3cnccc23)c1[N+](=O)[O-]. The monoisotopic (exact) mass is 325 g/mol. The highest BCUT2D eigenvalue weighted by Crippen LogP contribution is 2.38. The van der Waals surface area contributed by atoms with E-state index in [9.17, 15) is 20.2 Å². The molecule has 2 aromatic carbocycles. The van der Waals surface area contributed by atoms with Crippen LogP contribution in [0.25, 0.3) is 10.8 Å². The molecule has 0 aliphatic carbocycles. The van der Waals surface area contributed by atoms with E-state index in [1.165, 1.54) is 30.6 Å². The molecule has 0 bridgehead atoms. The second-order valence-electron chi connectivity index (χ2n) is 5.04. The van der Waals surface area contributed by atoms with Crippen molar-refractivity contribution in [3.05, 3.63) is 74.6 Å². The van der Waals surface area contributed by atoms with E-state index >= 15 is 0 Å². The number of ether oxygens (including phenoxy) is 1. The van der Waals surface area contributed by atoms with Crippen LogP contribution >= 0.6 is 0 Å². The molecule has 0 aliphatic rings. The van der Waals surface area contributed by atoms with Gasteiger partial charge in [-0.2, -0.15) is 0 Å². The summed E-state index contributed by atoms with van der Waals surface area (Å²) in [4.78, 5) is 25.3. The molecule has 0 N–H and O–H groups in total. The van der Waals surface area contributed by atoms with Gasteiger partial charge in [-0.25, -0.2) is 0 Å². The summed E-state index contributed by atoms with van der Waals surface area (Å²) in [6.45, 7) is 1.61. The Morgan fingerprint density at radius 3 is 2.46 bits per heavy atom. The quantitative estimate of drug-likeness (QED) is 0.526. The van der Waals surface area contributed by atoms with Crippen LogP contribution < -0.4 is 4.74 Å². The molecule has 0 atom stereocenters. The van der Waals surface area contributed by atoms with E-state index in [1.807, 2.05) is 0 Å². The molecule has 1 aromatic heterocycles. The average Bonchev–Trinajstić information content (AvgIpc) is 2.54. The highest BCUT2D eigenvalue weighted by atomic mass is 16.6. The van der Waals surface area contributed by atoms with Gasteiger partial charge in [0.25, 0.3) is 5.69 Å². The van der Waals surface area contributed by atoms with Crippen molar-refractivity contribution in [1.29, 1.82) is 0 Å². The zero-order valence-electron chi connectivity index (χ0n) is 12.5. The van der Waals surface area contributed by atoms with Gasteiger partial charge in [0.15, 0.2) is 0 Å². The van der Waals surface area contributed by atoms with E-state index in [2.05, 4.69) is 4.98 Å². The van der Waals surface area contributed by atoms with Crippen molar-refractivity contribution in [2.75, 3.05) is 0 Å². The first kappa shape index (κ1) is 15.3. The number of hydrogen-bond acceptors (Lipinski definition) is 6. The molecule has 24 heavy (non-hydrogen) atoms. The van der Waals surface area contributed by atoms with Crippen LogP contribution in [0.2, 0.25) is 0 Å². The van der Waals surface area contributed by atoms with E-state index < -0.39 is 9.85 Å². The first-order chi connectivity index (χ1) is 11.5. The van der Waals surface area contributed by atoms with E-state index in [0.717, 1.165) is 0 Å². The first-order valence-electron chi connectivity index (χ1n) is 6.92. The molecule has 3 aromatic rings. The van der Waals surface area contributed by atoms with Crippen LogP contribution in [-0.2, 0) is 0 Å². The van der Waals surface area contributed by atoms with E-state index in [0.29, 0.717) is 16.3 Å². The summed E-state index contributed by atoms with van der Waals surface area (Å²) in [6.07, 6.45) is 2.84. The second-order valence-corrected chi connectivity index (χ2v) is 5.04. The first-order valence-corrected chi connectivity index (χ1v) is 6.92. The lowest BCUT2D eigenvalue weighted by Crippen LogP contribution is -1.97. The van der Waals surface area contributed by atoms with Gasteiger partial charge in [0, 0.05) is 29.4 Å². The molecule has 0 amide bonds. The molecule has 0 fully saturated rings. The number of benzene rings is 2. The maximum atomic E-state index is 11.3. The van der Waals surface area contributed by atoms with Gasteiger partial charge in [0.05, 0.1) is 15.2 Å². The van der Waals surface area contributed by atoms with Crippen LogP contribution in [0.5, 0.6) is 11.5 Å². The molecule has 0 unspecified atom stereocenters. The van der Waals surface area contributed by atoms with Gasteiger partial charge in [-0.3, -0.25) is 25.2 Å². The van der Waals surface area contributed by atoms with E-state index in [4.69, 9.17) is 4.74 Å². The number of aryl methyl sites for hydroxylation is 1. The van der Waals surface area contributed by atoms with E-state index in [-0.39, 0.29) is 22.9 Å². The van der Waals surface area contributed by atoms with Crippen LogP contribution in [-0.4, -0.2) is 14.8 Å². The lowest BCUT2D eigenvalue weighted by Gasteiger charge is -2.10. The average molecular weight is 325 g/mol. The summed E-state index contributed by atoms with van der Waals surface area (Å²) in [6, 6.07) is 9.03. The van der Waals surface area contributed by atoms with Gasteiger partial charge in [0.2, 0.25) is 5.75 Å². The summed E-state index contributed by atoms with van der Waals surface area (Å²) in [5, 5.41) is 23.1. The number of pyridine rings is 1. The van der Waals surface area contributed by atoms with E-state index in [1.54, 1.807) is 25.1 Å². The molecular formula is C16H11N3O5. The number of fused-ring (bicyclic) bond motifs is 1. The summed E-state index contributed by atoms with van der Waals surface area (Å²) < 4.78 is 5.71. The predicted octanol–water partition coefficient (Wildman–Crippen LogP) is 4.15. The van der Waals surface area contributed by atoms with Gasteiger partial charge in [-0.15, -0.1) is 0 Å². The molecule has 0 spiro atoms. The van der Waals surface area contributed by atoms with Crippen LogP contribution in [0.3, 0.4) is 0 Å².